The van der Waals surface area contributed by atoms with E-state index in [1.54, 1.807) is 6.92 Å². The minimum Gasteiger partial charge on any atom is -0.492 e. The zero-order valence-corrected chi connectivity index (χ0v) is 21.4. The molecule has 0 radical (unpaired) electrons. The van der Waals surface area contributed by atoms with Crippen LogP contribution in [-0.4, -0.2) is 54.4 Å². The highest BCUT2D eigenvalue weighted by Crippen LogP contribution is 2.27. The number of carbonyl (C=O) groups excluding carboxylic acids is 1. The number of urea groups is 1. The molecule has 36 heavy (non-hydrogen) atoms. The first-order chi connectivity index (χ1) is 17.5. The molecule has 0 aliphatic heterocycles. The molecule has 2 N–H and O–H groups in total. The van der Waals surface area contributed by atoms with Crippen molar-refractivity contribution < 1.29 is 24.2 Å². The fraction of sp³-hybridized carbons (Fsp3) is 0.517. The van der Waals surface area contributed by atoms with Crippen molar-refractivity contribution in [2.45, 2.75) is 64.4 Å². The second-order valence-electron chi connectivity index (χ2n) is 9.41. The Hall–Kier alpha value is -3.06. The van der Waals surface area contributed by atoms with E-state index < -0.39 is 12.1 Å². The molecule has 1 unspecified atom stereocenters. The smallest absolute Gasteiger partial charge is 0.333 e. The predicted molar refractivity (Wildman–Crippen MR) is 142 cm³/mol. The number of aliphatic carboxylic acids is 1. The Bertz CT molecular complexity index is 913. The van der Waals surface area contributed by atoms with Gasteiger partial charge in [-0.15, -0.1) is 0 Å². The number of nitrogens with one attached hydrogen (secondary N) is 1. The van der Waals surface area contributed by atoms with Crippen molar-refractivity contribution in [3.05, 3.63) is 60.2 Å². The number of anilines is 1. The highest BCUT2D eigenvalue weighted by Gasteiger charge is 2.19. The largest absolute Gasteiger partial charge is 0.492 e. The molecule has 7 heteroatoms. The molecule has 2 aromatic carbocycles. The number of hydrogen-bond acceptors (Lipinski definition) is 4. The summed E-state index contributed by atoms with van der Waals surface area (Å²) in [5.74, 6) is 0.512. The lowest BCUT2D eigenvalue weighted by Crippen LogP contribution is -2.38. The van der Waals surface area contributed by atoms with Crippen molar-refractivity contribution in [1.82, 2.24) is 4.90 Å². The van der Waals surface area contributed by atoms with Crippen LogP contribution in [0.25, 0.3) is 0 Å². The van der Waals surface area contributed by atoms with E-state index in [9.17, 15) is 14.7 Å². The number of rotatable bonds is 14. The molecular weight excluding hydrogens is 456 g/mol. The summed E-state index contributed by atoms with van der Waals surface area (Å²) in [5.41, 5.74) is 1.65. The van der Waals surface area contributed by atoms with E-state index in [0.29, 0.717) is 38.5 Å². The Kier molecular flexibility index (Phi) is 11.6. The molecule has 0 heterocycles. The summed E-state index contributed by atoms with van der Waals surface area (Å²) in [4.78, 5) is 26.1. The van der Waals surface area contributed by atoms with Crippen LogP contribution >= 0.6 is 0 Å². The van der Waals surface area contributed by atoms with Crippen LogP contribution in [0.1, 0.15) is 57.4 Å². The number of carbonyl (C=O) groups is 2. The van der Waals surface area contributed by atoms with Gasteiger partial charge in [0.15, 0.2) is 6.10 Å². The van der Waals surface area contributed by atoms with Gasteiger partial charge in [0.05, 0.1) is 6.54 Å². The van der Waals surface area contributed by atoms with Gasteiger partial charge in [-0.05, 0) is 55.5 Å². The van der Waals surface area contributed by atoms with E-state index in [2.05, 4.69) is 5.32 Å². The van der Waals surface area contributed by atoms with Gasteiger partial charge in [0.2, 0.25) is 0 Å². The van der Waals surface area contributed by atoms with Crippen LogP contribution in [0.3, 0.4) is 0 Å². The number of nitrogens with zero attached hydrogens (tertiary/aromatic N) is 1. The fourth-order valence-electron chi connectivity index (χ4n) is 4.71. The number of carboxylic acids is 1. The summed E-state index contributed by atoms with van der Waals surface area (Å²) >= 11 is 0. The summed E-state index contributed by atoms with van der Waals surface area (Å²) in [6, 6.07) is 16.8. The normalized spacial score (nSPS) is 14.7. The van der Waals surface area contributed by atoms with Crippen molar-refractivity contribution in [3.63, 3.8) is 0 Å². The predicted octanol–water partition coefficient (Wildman–Crippen LogP) is 5.99. The number of benzene rings is 2. The van der Waals surface area contributed by atoms with Gasteiger partial charge < -0.3 is 24.8 Å². The van der Waals surface area contributed by atoms with Gasteiger partial charge in [-0.1, -0.05) is 62.4 Å². The second-order valence-corrected chi connectivity index (χ2v) is 9.41. The van der Waals surface area contributed by atoms with Gasteiger partial charge in [0, 0.05) is 25.3 Å². The van der Waals surface area contributed by atoms with Crippen LogP contribution in [0.4, 0.5) is 10.5 Å². The van der Waals surface area contributed by atoms with Crippen molar-refractivity contribution >= 4 is 17.7 Å². The minimum absolute atomic E-state index is 0.112. The molecule has 0 bridgehead atoms. The first kappa shape index (κ1) is 27.5. The molecular formula is C29H40N2O5. The molecule has 1 aliphatic rings. The molecule has 7 nitrogen and oxygen atoms in total. The highest BCUT2D eigenvalue weighted by atomic mass is 16.5. The van der Waals surface area contributed by atoms with Crippen molar-refractivity contribution in [3.8, 4) is 5.75 Å². The van der Waals surface area contributed by atoms with Crippen molar-refractivity contribution in [2.75, 3.05) is 31.6 Å². The first-order valence-electron chi connectivity index (χ1n) is 13.2. The second kappa shape index (κ2) is 15.1. The van der Waals surface area contributed by atoms with Gasteiger partial charge in [0.1, 0.15) is 12.4 Å². The molecule has 0 aromatic heterocycles. The Morgan fingerprint density at radius 1 is 1.03 bits per heavy atom. The van der Waals surface area contributed by atoms with Gasteiger partial charge in [0.25, 0.3) is 0 Å². The van der Waals surface area contributed by atoms with Crippen molar-refractivity contribution in [1.29, 1.82) is 0 Å². The molecule has 0 spiro atoms. The minimum atomic E-state index is -0.963. The third kappa shape index (κ3) is 9.53. The van der Waals surface area contributed by atoms with Crippen molar-refractivity contribution in [2.24, 2.45) is 5.92 Å². The zero-order chi connectivity index (χ0) is 25.6. The number of carboxylic acid groups (broad SMARTS) is 1. The fourth-order valence-corrected chi connectivity index (χ4v) is 4.71. The molecule has 1 atom stereocenters. The van der Waals surface area contributed by atoms with Crippen LogP contribution in [0, 0.1) is 5.92 Å². The third-order valence-electron chi connectivity index (χ3n) is 6.70. The summed E-state index contributed by atoms with van der Waals surface area (Å²) < 4.78 is 11.2. The molecule has 2 aromatic rings. The molecule has 1 fully saturated rings. The van der Waals surface area contributed by atoms with E-state index >= 15 is 0 Å². The van der Waals surface area contributed by atoms with E-state index in [-0.39, 0.29) is 6.03 Å². The zero-order valence-electron chi connectivity index (χ0n) is 21.4. The summed E-state index contributed by atoms with van der Waals surface area (Å²) in [6.45, 7) is 3.70. The molecule has 0 saturated heterocycles. The average molecular weight is 497 g/mol. The Morgan fingerprint density at radius 3 is 2.42 bits per heavy atom. The van der Waals surface area contributed by atoms with Crippen LogP contribution in [0.2, 0.25) is 0 Å². The Labute approximate surface area is 214 Å². The van der Waals surface area contributed by atoms with Gasteiger partial charge in [-0.3, -0.25) is 0 Å². The molecule has 1 saturated carbocycles. The lowest BCUT2D eigenvalue weighted by molar-refractivity contribution is -0.149. The monoisotopic (exact) mass is 496 g/mol. The summed E-state index contributed by atoms with van der Waals surface area (Å²) in [6.07, 6.45) is 8.25. The van der Waals surface area contributed by atoms with E-state index in [0.717, 1.165) is 30.0 Å². The average Bonchev–Trinajstić information content (AvgIpc) is 2.89. The lowest BCUT2D eigenvalue weighted by Gasteiger charge is -2.26. The number of hydrogen-bond donors (Lipinski definition) is 2. The molecule has 1 aliphatic carbocycles. The first-order valence-corrected chi connectivity index (χ1v) is 13.2. The Morgan fingerprint density at radius 2 is 1.75 bits per heavy atom. The van der Waals surface area contributed by atoms with Crippen LogP contribution in [-0.2, 0) is 16.0 Å². The lowest BCUT2D eigenvalue weighted by atomic mass is 9.86. The third-order valence-corrected chi connectivity index (χ3v) is 6.70. The SMILES string of the molecule is CCOC(Cc1ccc(OCCN(CCCC2CCCCC2)C(=O)Nc2ccccc2)cc1)C(=O)O. The van der Waals surface area contributed by atoms with Crippen LogP contribution in [0.15, 0.2) is 54.6 Å². The topological polar surface area (TPSA) is 88.1 Å². The summed E-state index contributed by atoms with van der Waals surface area (Å²) in [7, 11) is 0. The van der Waals surface area contributed by atoms with E-state index in [1.165, 1.54) is 32.1 Å². The Balaban J connectivity index is 1.50. The molecule has 2 amide bonds. The standard InChI is InChI=1S/C29H40N2O5/c1-2-35-27(28(32)33)22-24-15-17-26(18-16-24)36-21-20-31(19-9-12-23-10-5-3-6-11-23)29(34)30-25-13-7-4-8-14-25/h4,7-8,13-18,23,27H,2-3,5-6,9-12,19-22H2,1H3,(H,30,34)(H,32,33). The number of ether oxygens (including phenoxy) is 2. The maximum Gasteiger partial charge on any atom is 0.333 e. The van der Waals surface area contributed by atoms with Gasteiger partial charge in [-0.2, -0.15) is 0 Å². The van der Waals surface area contributed by atoms with Gasteiger partial charge >= 0.3 is 12.0 Å². The van der Waals surface area contributed by atoms with Crippen LogP contribution < -0.4 is 10.1 Å². The van der Waals surface area contributed by atoms with Gasteiger partial charge in [-0.25, -0.2) is 9.59 Å². The van der Waals surface area contributed by atoms with Crippen LogP contribution in [0.5, 0.6) is 5.75 Å². The van der Waals surface area contributed by atoms with E-state index in [1.807, 2.05) is 59.5 Å². The maximum absolute atomic E-state index is 13.0. The highest BCUT2D eigenvalue weighted by molar-refractivity contribution is 5.89. The quantitative estimate of drug-likeness (QED) is 0.335. The molecule has 196 valence electrons. The molecule has 3 rings (SSSR count). The number of para-hydroxylation sites is 1. The number of amides is 2. The maximum atomic E-state index is 13.0. The van der Waals surface area contributed by atoms with E-state index in [4.69, 9.17) is 9.47 Å². The summed E-state index contributed by atoms with van der Waals surface area (Å²) in [5, 5.41) is 12.3.